The molecular weight excluding hydrogens is 332 g/mol. The maximum atomic E-state index is 12.7. The van der Waals surface area contributed by atoms with E-state index in [-0.39, 0.29) is 5.91 Å². The van der Waals surface area contributed by atoms with Gasteiger partial charge in [0.25, 0.3) is 5.91 Å². The van der Waals surface area contributed by atoms with E-state index in [0.717, 1.165) is 35.7 Å². The van der Waals surface area contributed by atoms with Crippen LogP contribution in [0.2, 0.25) is 0 Å². The number of hydrogen-bond acceptors (Lipinski definition) is 5. The van der Waals surface area contributed by atoms with Crippen molar-refractivity contribution in [2.45, 2.75) is 24.8 Å². The zero-order chi connectivity index (χ0) is 18.1. The third-order valence-electron chi connectivity index (χ3n) is 4.58. The van der Waals surface area contributed by atoms with E-state index in [1.54, 1.807) is 19.4 Å². The molecule has 1 saturated carbocycles. The van der Waals surface area contributed by atoms with E-state index in [2.05, 4.69) is 15.5 Å². The number of amides is 1. The average molecular weight is 352 g/mol. The molecule has 0 saturated heterocycles. The van der Waals surface area contributed by atoms with Crippen molar-refractivity contribution < 1.29 is 14.1 Å². The summed E-state index contributed by atoms with van der Waals surface area (Å²) in [5, 5.41) is 6.94. The number of hydrogen-bond donors (Lipinski definition) is 1. The van der Waals surface area contributed by atoms with Gasteiger partial charge < -0.3 is 19.1 Å². The van der Waals surface area contributed by atoms with Gasteiger partial charge in [0.1, 0.15) is 23.4 Å². The van der Waals surface area contributed by atoms with Crippen LogP contribution in [-0.2, 0) is 7.05 Å². The Morgan fingerprint density at radius 1 is 1.35 bits per heavy atom. The Bertz CT molecular complexity index is 909. The Morgan fingerprint density at radius 2 is 2.12 bits per heavy atom. The van der Waals surface area contributed by atoms with Crippen LogP contribution in [0.1, 0.15) is 52.4 Å². The fraction of sp³-hybridized carbons (Fsp3) is 0.316. The predicted molar refractivity (Wildman–Crippen MR) is 94.0 cm³/mol. The highest BCUT2D eigenvalue weighted by Gasteiger charge is 2.30. The molecule has 7 heteroatoms. The summed E-state index contributed by atoms with van der Waals surface area (Å²) >= 11 is 0. The van der Waals surface area contributed by atoms with Gasteiger partial charge in [0, 0.05) is 31.4 Å². The van der Waals surface area contributed by atoms with Crippen LogP contribution < -0.4 is 10.1 Å². The first-order valence-corrected chi connectivity index (χ1v) is 8.54. The van der Waals surface area contributed by atoms with Crippen LogP contribution in [0.5, 0.6) is 5.75 Å². The van der Waals surface area contributed by atoms with Crippen molar-refractivity contribution in [2.24, 2.45) is 7.05 Å². The number of carbonyl (C=O) groups excluding carboxylic acids is 1. The van der Waals surface area contributed by atoms with E-state index in [9.17, 15) is 4.79 Å². The minimum atomic E-state index is -0.408. The number of aryl methyl sites for hydroxylation is 1. The second-order valence-electron chi connectivity index (χ2n) is 6.46. The molecule has 2 aromatic heterocycles. The molecule has 0 spiro atoms. The van der Waals surface area contributed by atoms with Gasteiger partial charge in [-0.05, 0) is 30.5 Å². The van der Waals surface area contributed by atoms with Crippen molar-refractivity contribution in [2.75, 3.05) is 7.11 Å². The molecule has 1 N–H and O–H groups in total. The molecule has 1 fully saturated rings. The van der Waals surface area contributed by atoms with Crippen LogP contribution in [0.4, 0.5) is 0 Å². The summed E-state index contributed by atoms with van der Waals surface area (Å²) in [6.07, 6.45) is 5.74. The molecule has 1 atom stereocenters. The molecule has 1 amide bonds. The number of aromatic nitrogens is 3. The first kappa shape index (κ1) is 16.4. The van der Waals surface area contributed by atoms with Gasteiger partial charge in [-0.25, -0.2) is 4.98 Å². The Kier molecular flexibility index (Phi) is 4.20. The topological polar surface area (TPSA) is 82.2 Å². The fourth-order valence-corrected chi connectivity index (χ4v) is 2.91. The van der Waals surface area contributed by atoms with Crippen molar-refractivity contribution in [3.05, 3.63) is 65.6 Å². The molecule has 2 heterocycles. The van der Waals surface area contributed by atoms with Gasteiger partial charge >= 0.3 is 0 Å². The average Bonchev–Trinajstić information content (AvgIpc) is 3.23. The van der Waals surface area contributed by atoms with Crippen LogP contribution in [0.25, 0.3) is 0 Å². The molecule has 1 aliphatic rings. The second-order valence-corrected chi connectivity index (χ2v) is 6.46. The molecule has 1 aliphatic carbocycles. The molecule has 4 rings (SSSR count). The summed E-state index contributed by atoms with van der Waals surface area (Å²) in [4.78, 5) is 17.1. The summed E-state index contributed by atoms with van der Waals surface area (Å²) in [7, 11) is 3.52. The molecular formula is C19H20N4O3. The van der Waals surface area contributed by atoms with Crippen LogP contribution in [0.3, 0.4) is 0 Å². The van der Waals surface area contributed by atoms with Crippen molar-refractivity contribution >= 4 is 5.91 Å². The SMILES string of the molecule is COc1ccc(C(NC(=O)c2cc(C3CC3)on2)c2nccn2C)cc1. The van der Waals surface area contributed by atoms with E-state index in [4.69, 9.17) is 9.26 Å². The number of carbonyl (C=O) groups is 1. The molecule has 134 valence electrons. The highest BCUT2D eigenvalue weighted by atomic mass is 16.5. The number of benzene rings is 1. The zero-order valence-electron chi connectivity index (χ0n) is 14.7. The van der Waals surface area contributed by atoms with E-state index in [0.29, 0.717) is 11.6 Å². The Hall–Kier alpha value is -3.09. The van der Waals surface area contributed by atoms with Crippen LogP contribution in [0, 0.1) is 0 Å². The Labute approximate surface area is 151 Å². The van der Waals surface area contributed by atoms with Gasteiger partial charge in [-0.15, -0.1) is 0 Å². The highest BCUT2D eigenvalue weighted by Crippen LogP contribution is 2.40. The lowest BCUT2D eigenvalue weighted by Crippen LogP contribution is -2.31. The van der Waals surface area contributed by atoms with Gasteiger partial charge in [0.15, 0.2) is 5.69 Å². The molecule has 0 radical (unpaired) electrons. The van der Waals surface area contributed by atoms with Crippen LogP contribution >= 0.6 is 0 Å². The van der Waals surface area contributed by atoms with Crippen molar-refractivity contribution in [3.8, 4) is 5.75 Å². The van der Waals surface area contributed by atoms with E-state index >= 15 is 0 Å². The molecule has 26 heavy (non-hydrogen) atoms. The highest BCUT2D eigenvalue weighted by molar-refractivity contribution is 5.92. The van der Waals surface area contributed by atoms with Crippen LogP contribution in [0.15, 0.2) is 47.2 Å². The molecule has 1 unspecified atom stereocenters. The monoisotopic (exact) mass is 352 g/mol. The smallest absolute Gasteiger partial charge is 0.274 e. The Balaban J connectivity index is 1.61. The number of imidazole rings is 1. The summed E-state index contributed by atoms with van der Waals surface area (Å²) in [6.45, 7) is 0. The first-order chi connectivity index (χ1) is 12.7. The summed E-state index contributed by atoms with van der Waals surface area (Å²) in [5.41, 5.74) is 1.19. The van der Waals surface area contributed by atoms with Crippen molar-refractivity contribution in [3.63, 3.8) is 0 Å². The maximum Gasteiger partial charge on any atom is 0.274 e. The summed E-state index contributed by atoms with van der Waals surface area (Å²) in [5.74, 6) is 2.40. The third kappa shape index (κ3) is 3.20. The van der Waals surface area contributed by atoms with Gasteiger partial charge in [-0.1, -0.05) is 17.3 Å². The normalized spacial score (nSPS) is 14.8. The van der Waals surface area contributed by atoms with Gasteiger partial charge in [-0.2, -0.15) is 0 Å². The zero-order valence-corrected chi connectivity index (χ0v) is 14.7. The quantitative estimate of drug-likeness (QED) is 0.738. The van der Waals surface area contributed by atoms with Gasteiger partial charge in [0.05, 0.1) is 7.11 Å². The maximum absolute atomic E-state index is 12.7. The Morgan fingerprint density at radius 3 is 2.73 bits per heavy atom. The number of ether oxygens (including phenoxy) is 1. The number of nitrogens with one attached hydrogen (secondary N) is 1. The molecule has 7 nitrogen and oxygen atoms in total. The van der Waals surface area contributed by atoms with E-state index < -0.39 is 6.04 Å². The van der Waals surface area contributed by atoms with E-state index in [1.165, 1.54) is 0 Å². The second kappa shape index (κ2) is 6.67. The predicted octanol–water partition coefficient (Wildman–Crippen LogP) is 2.81. The fourth-order valence-electron chi connectivity index (χ4n) is 2.91. The lowest BCUT2D eigenvalue weighted by Gasteiger charge is -2.18. The van der Waals surface area contributed by atoms with E-state index in [1.807, 2.05) is 42.1 Å². The first-order valence-electron chi connectivity index (χ1n) is 8.54. The largest absolute Gasteiger partial charge is 0.497 e. The lowest BCUT2D eigenvalue weighted by molar-refractivity contribution is 0.0932. The van der Waals surface area contributed by atoms with Gasteiger partial charge in [-0.3, -0.25) is 4.79 Å². The van der Waals surface area contributed by atoms with Gasteiger partial charge in [0.2, 0.25) is 0 Å². The lowest BCUT2D eigenvalue weighted by atomic mass is 10.1. The minimum Gasteiger partial charge on any atom is -0.497 e. The number of methoxy groups -OCH3 is 1. The standard InChI is InChI=1S/C19H20N4O3/c1-23-10-9-20-18(23)17(13-5-7-14(25-2)8-6-13)21-19(24)15-11-16(26-22-15)12-3-4-12/h5-12,17H,3-4H2,1-2H3,(H,21,24). The van der Waals surface area contributed by atoms with Crippen molar-refractivity contribution in [1.82, 2.24) is 20.0 Å². The minimum absolute atomic E-state index is 0.288. The molecule has 0 bridgehead atoms. The molecule has 3 aromatic rings. The van der Waals surface area contributed by atoms with Crippen molar-refractivity contribution in [1.29, 1.82) is 0 Å². The molecule has 1 aromatic carbocycles. The number of rotatable bonds is 6. The summed E-state index contributed by atoms with van der Waals surface area (Å²) in [6, 6.07) is 8.87. The summed E-state index contributed by atoms with van der Waals surface area (Å²) < 4.78 is 12.4. The third-order valence-corrected chi connectivity index (χ3v) is 4.58. The number of nitrogens with zero attached hydrogens (tertiary/aromatic N) is 3. The van der Waals surface area contributed by atoms with Crippen LogP contribution in [-0.4, -0.2) is 27.7 Å². The molecule has 0 aliphatic heterocycles.